The molecule has 5 rings (SSSR count). The van der Waals surface area contributed by atoms with Gasteiger partial charge in [-0.15, -0.1) is 0 Å². The minimum absolute atomic E-state index is 0.223. The second kappa shape index (κ2) is 12.8. The molecule has 0 amide bonds. The lowest BCUT2D eigenvalue weighted by molar-refractivity contribution is -0.139. The minimum Gasteiger partial charge on any atom is -0.493 e. The van der Waals surface area contributed by atoms with E-state index in [1.807, 2.05) is 73.7 Å². The predicted octanol–water partition coefficient (Wildman–Crippen LogP) is 5.95. The molecule has 0 saturated heterocycles. The highest BCUT2D eigenvalue weighted by Crippen LogP contribution is 2.35. The van der Waals surface area contributed by atoms with Crippen LogP contribution in [0.5, 0.6) is 11.5 Å². The quantitative estimate of drug-likeness (QED) is 0.167. The molecule has 216 valence electrons. The first-order valence-electron chi connectivity index (χ1n) is 13.2. The number of carbonyl (C=O) groups excluding carboxylic acids is 1. The van der Waals surface area contributed by atoms with E-state index in [0.29, 0.717) is 43.7 Å². The van der Waals surface area contributed by atoms with E-state index in [-0.39, 0.29) is 12.2 Å². The number of esters is 1. The number of halogens is 2. The van der Waals surface area contributed by atoms with Gasteiger partial charge >= 0.3 is 5.97 Å². The molecule has 0 fully saturated rings. The molecule has 0 spiro atoms. The van der Waals surface area contributed by atoms with Crippen molar-refractivity contribution in [3.63, 3.8) is 0 Å². The highest BCUT2D eigenvalue weighted by atomic mass is 127. The van der Waals surface area contributed by atoms with Crippen LogP contribution in [0.3, 0.4) is 0 Å². The van der Waals surface area contributed by atoms with Crippen LogP contribution in [0.1, 0.15) is 42.1 Å². The Bertz CT molecular complexity index is 1860. The first-order chi connectivity index (χ1) is 20.2. The van der Waals surface area contributed by atoms with Crippen molar-refractivity contribution in [3.05, 3.63) is 122 Å². The molecule has 1 aromatic heterocycles. The standard InChI is InChI=1S/C32H28ClIN2O5S/c1-5-40-31(38)27-19(3)35-32-36(28(27)22-10-6-18(2)7-11-22)30(37)26(42-32)16-21-14-24(34)29(25(15-21)39-4)41-17-20-8-12-23(33)13-9-20/h6-16,28H,5,17H2,1-4H3/b26-16-/t28-/m1/s1. The maximum atomic E-state index is 13.9. The van der Waals surface area contributed by atoms with Crippen LogP contribution in [0, 0.1) is 10.5 Å². The third-order valence-corrected chi connectivity index (χ3v) is 8.79. The van der Waals surface area contributed by atoms with Gasteiger partial charge in [0.05, 0.1) is 39.1 Å². The molecule has 0 bridgehead atoms. The van der Waals surface area contributed by atoms with Crippen molar-refractivity contribution in [2.24, 2.45) is 4.99 Å². The molecule has 1 aliphatic heterocycles. The molecule has 1 atom stereocenters. The van der Waals surface area contributed by atoms with Crippen molar-refractivity contribution in [2.75, 3.05) is 13.7 Å². The van der Waals surface area contributed by atoms with Gasteiger partial charge in [-0.25, -0.2) is 9.79 Å². The minimum atomic E-state index is -0.652. The van der Waals surface area contributed by atoms with Gasteiger partial charge in [0.1, 0.15) is 6.61 Å². The van der Waals surface area contributed by atoms with E-state index in [9.17, 15) is 9.59 Å². The summed E-state index contributed by atoms with van der Waals surface area (Å²) in [5, 5.41) is 0.665. The number of nitrogens with zero attached hydrogens (tertiary/aromatic N) is 2. The third-order valence-electron chi connectivity index (χ3n) is 6.76. The van der Waals surface area contributed by atoms with E-state index >= 15 is 0 Å². The van der Waals surface area contributed by atoms with Crippen LogP contribution in [0.4, 0.5) is 0 Å². The molecular formula is C32H28ClIN2O5S. The summed E-state index contributed by atoms with van der Waals surface area (Å²) in [6, 6.07) is 18.4. The average Bonchev–Trinajstić information content (AvgIpc) is 3.26. The fourth-order valence-electron chi connectivity index (χ4n) is 4.71. The Kier molecular flexibility index (Phi) is 9.19. The maximum Gasteiger partial charge on any atom is 0.338 e. The molecular weight excluding hydrogens is 687 g/mol. The summed E-state index contributed by atoms with van der Waals surface area (Å²) < 4.78 is 20.0. The van der Waals surface area contributed by atoms with Gasteiger partial charge < -0.3 is 14.2 Å². The van der Waals surface area contributed by atoms with Gasteiger partial charge in [0, 0.05) is 5.02 Å². The van der Waals surface area contributed by atoms with Crippen molar-refractivity contribution in [3.8, 4) is 11.5 Å². The van der Waals surface area contributed by atoms with Crippen LogP contribution in [0.15, 0.2) is 81.7 Å². The second-order valence-corrected chi connectivity index (χ2v) is 12.3. The van der Waals surface area contributed by atoms with Gasteiger partial charge in [-0.05, 0) is 90.4 Å². The normalized spacial score (nSPS) is 14.8. The fraction of sp³-hybridized carbons (Fsp3) is 0.219. The number of aromatic nitrogens is 1. The van der Waals surface area contributed by atoms with E-state index in [2.05, 4.69) is 27.6 Å². The van der Waals surface area contributed by atoms with E-state index in [1.54, 1.807) is 25.5 Å². The second-order valence-electron chi connectivity index (χ2n) is 9.66. The molecule has 3 aromatic carbocycles. The Morgan fingerprint density at radius 2 is 1.83 bits per heavy atom. The van der Waals surface area contributed by atoms with Gasteiger partial charge in [-0.3, -0.25) is 9.36 Å². The number of benzene rings is 3. The number of hydrogen-bond donors (Lipinski definition) is 0. The van der Waals surface area contributed by atoms with Crippen LogP contribution in [0.25, 0.3) is 6.08 Å². The Balaban J connectivity index is 1.56. The lowest BCUT2D eigenvalue weighted by atomic mass is 9.95. The molecule has 0 aliphatic carbocycles. The summed E-state index contributed by atoms with van der Waals surface area (Å²) in [6.07, 6.45) is 1.81. The number of fused-ring (bicyclic) bond motifs is 1. The number of methoxy groups -OCH3 is 1. The molecule has 42 heavy (non-hydrogen) atoms. The summed E-state index contributed by atoms with van der Waals surface area (Å²) in [5.41, 5.74) is 4.29. The first-order valence-corrected chi connectivity index (χ1v) is 15.5. The predicted molar refractivity (Wildman–Crippen MR) is 173 cm³/mol. The molecule has 10 heteroatoms. The average molecular weight is 715 g/mol. The summed E-state index contributed by atoms with van der Waals surface area (Å²) in [6.45, 7) is 6.10. The van der Waals surface area contributed by atoms with Crippen molar-refractivity contribution in [1.29, 1.82) is 0 Å². The first kappa shape index (κ1) is 30.1. The zero-order chi connectivity index (χ0) is 30.0. The summed E-state index contributed by atoms with van der Waals surface area (Å²) in [7, 11) is 1.58. The fourth-order valence-corrected chi connectivity index (χ4v) is 6.66. The Hall–Kier alpha value is -3.41. The maximum absolute atomic E-state index is 13.9. The lowest BCUT2D eigenvalue weighted by Crippen LogP contribution is -2.39. The van der Waals surface area contributed by atoms with Crippen LogP contribution in [-0.4, -0.2) is 24.3 Å². The highest BCUT2D eigenvalue weighted by Gasteiger charge is 2.33. The smallest absolute Gasteiger partial charge is 0.338 e. The molecule has 0 radical (unpaired) electrons. The number of aryl methyl sites for hydroxylation is 1. The monoisotopic (exact) mass is 714 g/mol. The van der Waals surface area contributed by atoms with E-state index < -0.39 is 12.0 Å². The molecule has 0 unspecified atom stereocenters. The summed E-state index contributed by atoms with van der Waals surface area (Å²) in [5.74, 6) is 0.681. The van der Waals surface area contributed by atoms with Crippen molar-refractivity contribution < 1.29 is 19.0 Å². The zero-order valence-corrected chi connectivity index (χ0v) is 27.2. The van der Waals surface area contributed by atoms with Crippen LogP contribution in [0.2, 0.25) is 5.02 Å². The van der Waals surface area contributed by atoms with E-state index in [4.69, 9.17) is 25.8 Å². The van der Waals surface area contributed by atoms with Crippen molar-refractivity contribution in [2.45, 2.75) is 33.4 Å². The lowest BCUT2D eigenvalue weighted by Gasteiger charge is -2.24. The summed E-state index contributed by atoms with van der Waals surface area (Å²) >= 11 is 9.48. The largest absolute Gasteiger partial charge is 0.493 e. The molecule has 1 aliphatic rings. The molecule has 7 nitrogen and oxygen atoms in total. The van der Waals surface area contributed by atoms with Gasteiger partial charge in [-0.1, -0.05) is 64.9 Å². The van der Waals surface area contributed by atoms with Gasteiger partial charge in [0.2, 0.25) is 0 Å². The zero-order valence-electron chi connectivity index (χ0n) is 23.4. The molecule has 2 heterocycles. The number of allylic oxidation sites excluding steroid dienone is 1. The molecule has 0 N–H and O–H groups in total. The Morgan fingerprint density at radius 3 is 2.50 bits per heavy atom. The number of ether oxygens (including phenoxy) is 3. The Labute approximate surface area is 265 Å². The van der Waals surface area contributed by atoms with Crippen LogP contribution >= 0.6 is 45.5 Å². The van der Waals surface area contributed by atoms with Crippen LogP contribution < -0.4 is 24.4 Å². The van der Waals surface area contributed by atoms with E-state index in [1.165, 1.54) is 11.3 Å². The van der Waals surface area contributed by atoms with Crippen LogP contribution in [-0.2, 0) is 16.1 Å². The molecule has 0 saturated carbocycles. The number of hydrogen-bond acceptors (Lipinski definition) is 7. The number of thiazole rings is 1. The summed E-state index contributed by atoms with van der Waals surface area (Å²) in [4.78, 5) is 32.2. The van der Waals surface area contributed by atoms with Crippen molar-refractivity contribution in [1.82, 2.24) is 4.57 Å². The highest BCUT2D eigenvalue weighted by molar-refractivity contribution is 14.1. The molecule has 4 aromatic rings. The van der Waals surface area contributed by atoms with E-state index in [0.717, 1.165) is 25.8 Å². The van der Waals surface area contributed by atoms with Crippen molar-refractivity contribution >= 4 is 57.6 Å². The van der Waals surface area contributed by atoms with Gasteiger partial charge in [0.25, 0.3) is 5.56 Å². The number of carbonyl (C=O) groups is 1. The number of rotatable bonds is 8. The third kappa shape index (κ3) is 6.18. The Morgan fingerprint density at radius 1 is 1.12 bits per heavy atom. The van der Waals surface area contributed by atoms with Gasteiger partial charge in [-0.2, -0.15) is 0 Å². The van der Waals surface area contributed by atoms with Gasteiger partial charge in [0.15, 0.2) is 16.3 Å². The topological polar surface area (TPSA) is 79.1 Å². The SMILES string of the molecule is CCOC(=O)C1=C(C)N=c2s/c(=C\c3cc(I)c(OCc4ccc(Cl)cc4)c(OC)c3)c(=O)n2[C@@H]1c1ccc(C)cc1.